The van der Waals surface area contributed by atoms with Gasteiger partial charge in [-0.15, -0.1) is 0 Å². The molecule has 0 aromatic carbocycles. The molecular weight excluding hydrogens is 226 g/mol. The SMILES string of the molecule is CCNC(c1cc(C)oc1C)c1nccn1CC. The third-order valence-corrected chi connectivity index (χ3v) is 3.15. The van der Waals surface area contributed by atoms with Gasteiger partial charge in [0.15, 0.2) is 0 Å². The zero-order chi connectivity index (χ0) is 13.1. The number of hydrogen-bond donors (Lipinski definition) is 1. The predicted molar refractivity (Wildman–Crippen MR) is 71.6 cm³/mol. The molecule has 1 atom stereocenters. The van der Waals surface area contributed by atoms with Crippen molar-refractivity contribution in [3.8, 4) is 0 Å². The van der Waals surface area contributed by atoms with Crippen LogP contribution in [0, 0.1) is 13.8 Å². The van der Waals surface area contributed by atoms with Crippen molar-refractivity contribution >= 4 is 0 Å². The van der Waals surface area contributed by atoms with Crippen molar-refractivity contribution in [1.29, 1.82) is 0 Å². The zero-order valence-electron chi connectivity index (χ0n) is 11.5. The summed E-state index contributed by atoms with van der Waals surface area (Å²) in [4.78, 5) is 4.49. The Morgan fingerprint density at radius 1 is 1.39 bits per heavy atom. The van der Waals surface area contributed by atoms with Crippen molar-refractivity contribution in [3.63, 3.8) is 0 Å². The summed E-state index contributed by atoms with van der Waals surface area (Å²) >= 11 is 0. The van der Waals surface area contributed by atoms with Gasteiger partial charge in [0.25, 0.3) is 0 Å². The first kappa shape index (κ1) is 12.9. The van der Waals surface area contributed by atoms with Crippen LogP contribution in [0.4, 0.5) is 0 Å². The molecule has 2 aromatic heterocycles. The molecule has 0 aliphatic heterocycles. The molecule has 0 saturated carbocycles. The van der Waals surface area contributed by atoms with Gasteiger partial charge >= 0.3 is 0 Å². The second kappa shape index (κ2) is 5.40. The van der Waals surface area contributed by atoms with E-state index in [1.807, 2.05) is 26.2 Å². The molecule has 18 heavy (non-hydrogen) atoms. The van der Waals surface area contributed by atoms with E-state index in [0.717, 1.165) is 30.4 Å². The molecule has 1 unspecified atom stereocenters. The maximum atomic E-state index is 5.64. The van der Waals surface area contributed by atoms with Gasteiger partial charge in [0, 0.05) is 24.5 Å². The number of aryl methyl sites for hydroxylation is 3. The highest BCUT2D eigenvalue weighted by atomic mass is 16.3. The van der Waals surface area contributed by atoms with Gasteiger partial charge in [-0.2, -0.15) is 0 Å². The van der Waals surface area contributed by atoms with Crippen LogP contribution < -0.4 is 5.32 Å². The van der Waals surface area contributed by atoms with E-state index in [0.29, 0.717) is 0 Å². The Morgan fingerprint density at radius 3 is 2.72 bits per heavy atom. The summed E-state index contributed by atoms with van der Waals surface area (Å²) in [5.74, 6) is 2.95. The molecule has 0 bridgehead atoms. The van der Waals surface area contributed by atoms with Crippen molar-refractivity contribution in [1.82, 2.24) is 14.9 Å². The first-order valence-corrected chi connectivity index (χ1v) is 6.48. The number of nitrogens with one attached hydrogen (secondary N) is 1. The van der Waals surface area contributed by atoms with Gasteiger partial charge in [-0.3, -0.25) is 0 Å². The van der Waals surface area contributed by atoms with Crippen LogP contribution in [0.1, 0.15) is 42.8 Å². The average molecular weight is 247 g/mol. The van der Waals surface area contributed by atoms with Crippen molar-refractivity contribution in [2.45, 2.75) is 40.3 Å². The maximum Gasteiger partial charge on any atom is 0.130 e. The molecule has 1 N–H and O–H groups in total. The average Bonchev–Trinajstić information content (AvgIpc) is 2.92. The number of aromatic nitrogens is 2. The summed E-state index contributed by atoms with van der Waals surface area (Å²) in [6.07, 6.45) is 3.87. The number of rotatable bonds is 5. The quantitative estimate of drug-likeness (QED) is 0.883. The molecule has 4 heteroatoms. The van der Waals surface area contributed by atoms with E-state index in [1.165, 1.54) is 5.56 Å². The topological polar surface area (TPSA) is 43.0 Å². The molecule has 2 rings (SSSR count). The number of imidazole rings is 1. The third-order valence-electron chi connectivity index (χ3n) is 3.15. The molecular formula is C14H21N3O. The van der Waals surface area contributed by atoms with Gasteiger partial charge in [0.1, 0.15) is 17.3 Å². The molecule has 98 valence electrons. The van der Waals surface area contributed by atoms with E-state index in [4.69, 9.17) is 4.42 Å². The van der Waals surface area contributed by atoms with Gasteiger partial charge in [0.05, 0.1) is 6.04 Å². The van der Waals surface area contributed by atoms with Crippen molar-refractivity contribution in [2.24, 2.45) is 0 Å². The van der Waals surface area contributed by atoms with E-state index in [9.17, 15) is 0 Å². The fourth-order valence-electron chi connectivity index (χ4n) is 2.33. The molecule has 0 aliphatic carbocycles. The largest absolute Gasteiger partial charge is 0.466 e. The first-order valence-electron chi connectivity index (χ1n) is 6.48. The highest BCUT2D eigenvalue weighted by Crippen LogP contribution is 2.26. The Labute approximate surface area is 108 Å². The molecule has 0 fully saturated rings. The summed E-state index contributed by atoms with van der Waals surface area (Å²) < 4.78 is 7.80. The van der Waals surface area contributed by atoms with Gasteiger partial charge in [0.2, 0.25) is 0 Å². The second-order valence-corrected chi connectivity index (χ2v) is 4.43. The Kier molecular flexibility index (Phi) is 3.87. The first-order chi connectivity index (χ1) is 8.67. The molecule has 0 aliphatic rings. The predicted octanol–water partition coefficient (Wildman–Crippen LogP) is 2.81. The van der Waals surface area contributed by atoms with Gasteiger partial charge in [-0.05, 0) is 33.4 Å². The molecule has 0 radical (unpaired) electrons. The minimum Gasteiger partial charge on any atom is -0.466 e. The molecule has 0 amide bonds. The molecule has 0 saturated heterocycles. The smallest absolute Gasteiger partial charge is 0.130 e. The third kappa shape index (κ3) is 2.34. The zero-order valence-corrected chi connectivity index (χ0v) is 11.5. The van der Waals surface area contributed by atoms with Crippen LogP contribution in [0.25, 0.3) is 0 Å². The van der Waals surface area contributed by atoms with E-state index >= 15 is 0 Å². The molecule has 0 spiro atoms. The van der Waals surface area contributed by atoms with Gasteiger partial charge < -0.3 is 14.3 Å². The van der Waals surface area contributed by atoms with Crippen LogP contribution in [0.15, 0.2) is 22.9 Å². The summed E-state index contributed by atoms with van der Waals surface area (Å²) in [5, 5.41) is 3.49. The monoisotopic (exact) mass is 247 g/mol. The van der Waals surface area contributed by atoms with Crippen LogP contribution in [0.5, 0.6) is 0 Å². The van der Waals surface area contributed by atoms with E-state index in [-0.39, 0.29) is 6.04 Å². The summed E-state index contributed by atoms with van der Waals surface area (Å²) in [5.41, 5.74) is 1.18. The second-order valence-electron chi connectivity index (χ2n) is 4.43. The van der Waals surface area contributed by atoms with Crippen molar-refractivity contribution in [2.75, 3.05) is 6.54 Å². The molecule has 2 heterocycles. The van der Waals surface area contributed by atoms with Crippen molar-refractivity contribution in [3.05, 3.63) is 41.4 Å². The van der Waals surface area contributed by atoms with Gasteiger partial charge in [-0.25, -0.2) is 4.98 Å². The van der Waals surface area contributed by atoms with Crippen LogP contribution >= 0.6 is 0 Å². The van der Waals surface area contributed by atoms with Crippen LogP contribution in [-0.2, 0) is 6.54 Å². The lowest BCUT2D eigenvalue weighted by Gasteiger charge is -2.18. The van der Waals surface area contributed by atoms with Crippen LogP contribution in [-0.4, -0.2) is 16.1 Å². The van der Waals surface area contributed by atoms with Crippen molar-refractivity contribution < 1.29 is 4.42 Å². The Morgan fingerprint density at radius 2 is 2.17 bits per heavy atom. The maximum absolute atomic E-state index is 5.64. The molecule has 2 aromatic rings. The van der Waals surface area contributed by atoms with E-state index in [2.05, 4.69) is 34.8 Å². The van der Waals surface area contributed by atoms with Gasteiger partial charge in [-0.1, -0.05) is 6.92 Å². The van der Waals surface area contributed by atoms with E-state index < -0.39 is 0 Å². The summed E-state index contributed by atoms with van der Waals surface area (Å²) in [6, 6.07) is 2.19. The lowest BCUT2D eigenvalue weighted by molar-refractivity contribution is 0.489. The standard InChI is InChI=1S/C14H21N3O/c1-5-15-13(12-9-10(3)18-11(12)4)14-16-7-8-17(14)6-2/h7-9,13,15H,5-6H2,1-4H3. The summed E-state index contributed by atoms with van der Waals surface area (Å²) in [7, 11) is 0. The highest BCUT2D eigenvalue weighted by molar-refractivity contribution is 5.29. The van der Waals surface area contributed by atoms with E-state index in [1.54, 1.807) is 0 Å². The number of hydrogen-bond acceptors (Lipinski definition) is 3. The lowest BCUT2D eigenvalue weighted by Crippen LogP contribution is -2.25. The minimum atomic E-state index is 0.0994. The van der Waals surface area contributed by atoms with Crippen LogP contribution in [0.2, 0.25) is 0 Å². The Hall–Kier alpha value is -1.55. The highest BCUT2D eigenvalue weighted by Gasteiger charge is 2.22. The fourth-order valence-corrected chi connectivity index (χ4v) is 2.33. The normalized spacial score (nSPS) is 12.9. The lowest BCUT2D eigenvalue weighted by atomic mass is 10.1. The Balaban J connectivity index is 2.42. The minimum absolute atomic E-state index is 0.0994. The number of furan rings is 1. The van der Waals surface area contributed by atoms with Crippen LogP contribution in [0.3, 0.4) is 0 Å². The molecule has 4 nitrogen and oxygen atoms in total. The Bertz CT molecular complexity index is 513. The number of nitrogens with zero attached hydrogens (tertiary/aromatic N) is 2. The summed E-state index contributed by atoms with van der Waals surface area (Å²) in [6.45, 7) is 10.0. The fraction of sp³-hybridized carbons (Fsp3) is 0.500.